The third-order valence-electron chi connectivity index (χ3n) is 3.06. The van der Waals surface area contributed by atoms with E-state index >= 15 is 0 Å². The van der Waals surface area contributed by atoms with Crippen LogP contribution >= 0.6 is 0 Å². The zero-order valence-corrected chi connectivity index (χ0v) is 13.9. The molecular weight excluding hydrogens is 316 g/mol. The summed E-state index contributed by atoms with van der Waals surface area (Å²) in [6.45, 7) is 1.94. The molecule has 0 fully saturated rings. The zero-order valence-electron chi connectivity index (χ0n) is 13.1. The van der Waals surface area contributed by atoms with Gasteiger partial charge in [0.2, 0.25) is 10.0 Å². The number of ether oxygens (including phenoxy) is 1. The maximum absolute atomic E-state index is 11.8. The number of rotatable bonds is 8. The fourth-order valence-electron chi connectivity index (χ4n) is 1.88. The van der Waals surface area contributed by atoms with Crippen LogP contribution in [0, 0.1) is 0 Å². The topological polar surface area (TPSA) is 93.2 Å². The molecule has 0 bridgehead atoms. The molecule has 23 heavy (non-hydrogen) atoms. The van der Waals surface area contributed by atoms with Crippen LogP contribution in [0.15, 0.2) is 36.4 Å². The number of nitrogens with one attached hydrogen (secondary N) is 2. The molecule has 0 aliphatic rings. The predicted octanol–water partition coefficient (Wildman–Crippen LogP) is 2.77. The summed E-state index contributed by atoms with van der Waals surface area (Å²) in [7, 11) is -1.79. The molecule has 2 aromatic rings. The molecule has 1 heterocycles. The smallest absolute Gasteiger partial charge is 0.233 e. The monoisotopic (exact) mass is 336 g/mol. The van der Waals surface area contributed by atoms with Gasteiger partial charge in [0.25, 0.3) is 0 Å². The maximum Gasteiger partial charge on any atom is 0.233 e. The van der Waals surface area contributed by atoms with Crippen LogP contribution in [0.4, 0.5) is 17.3 Å². The highest BCUT2D eigenvalue weighted by atomic mass is 32.2. The number of methoxy groups -OCH3 is 1. The average molecular weight is 336 g/mol. The molecule has 0 aliphatic heterocycles. The first-order valence-electron chi connectivity index (χ1n) is 7.28. The lowest BCUT2D eigenvalue weighted by atomic mass is 10.3. The Balaban J connectivity index is 2.05. The first-order chi connectivity index (χ1) is 11.0. The number of benzene rings is 1. The Hall–Kier alpha value is -2.35. The lowest BCUT2D eigenvalue weighted by Gasteiger charge is -2.10. The van der Waals surface area contributed by atoms with E-state index in [2.05, 4.69) is 20.2 Å². The van der Waals surface area contributed by atoms with Gasteiger partial charge in [-0.05, 0) is 30.7 Å². The van der Waals surface area contributed by atoms with Gasteiger partial charge in [0.1, 0.15) is 5.75 Å². The fourth-order valence-corrected chi connectivity index (χ4v) is 3.08. The van der Waals surface area contributed by atoms with Crippen LogP contribution < -0.4 is 14.8 Å². The first kappa shape index (κ1) is 17.0. The summed E-state index contributed by atoms with van der Waals surface area (Å²) in [6, 6.07) is 10.6. The van der Waals surface area contributed by atoms with Gasteiger partial charge in [0, 0.05) is 0 Å². The SMILES string of the molecule is CCCCS(=O)(=O)Nc1ccc(Nc2ccccc2OC)nn1. The van der Waals surface area contributed by atoms with E-state index in [1.54, 1.807) is 19.2 Å². The van der Waals surface area contributed by atoms with Crippen LogP contribution in [-0.2, 0) is 10.0 Å². The van der Waals surface area contributed by atoms with E-state index in [0.717, 1.165) is 12.1 Å². The number of aromatic nitrogens is 2. The Morgan fingerprint density at radius 3 is 2.43 bits per heavy atom. The van der Waals surface area contributed by atoms with Gasteiger partial charge in [-0.15, -0.1) is 10.2 Å². The highest BCUT2D eigenvalue weighted by Gasteiger charge is 2.11. The van der Waals surface area contributed by atoms with Gasteiger partial charge in [0.15, 0.2) is 11.6 Å². The molecule has 0 unspecified atom stereocenters. The Morgan fingerprint density at radius 1 is 1.09 bits per heavy atom. The Kier molecular flexibility index (Phi) is 5.75. The standard InChI is InChI=1S/C15H20N4O3S/c1-3-4-11-23(20,21)19-15-10-9-14(17-18-15)16-12-7-5-6-8-13(12)22-2/h5-10H,3-4,11H2,1-2H3,(H,16,17)(H,18,19). The molecule has 0 radical (unpaired) electrons. The van der Waals surface area contributed by atoms with E-state index in [1.165, 1.54) is 0 Å². The van der Waals surface area contributed by atoms with Crippen molar-refractivity contribution in [2.75, 3.05) is 22.9 Å². The lowest BCUT2D eigenvalue weighted by Crippen LogP contribution is -2.17. The summed E-state index contributed by atoms with van der Waals surface area (Å²) in [5.74, 6) is 1.45. The lowest BCUT2D eigenvalue weighted by molar-refractivity contribution is 0.417. The normalized spacial score (nSPS) is 11.0. The van der Waals surface area contributed by atoms with E-state index in [1.807, 2.05) is 31.2 Å². The Labute approximate surface area is 136 Å². The van der Waals surface area contributed by atoms with Gasteiger partial charge >= 0.3 is 0 Å². The van der Waals surface area contributed by atoms with Crippen molar-refractivity contribution in [3.8, 4) is 5.75 Å². The van der Waals surface area contributed by atoms with Crippen molar-refractivity contribution >= 4 is 27.3 Å². The number of unbranched alkanes of at least 4 members (excludes halogenated alkanes) is 1. The minimum absolute atomic E-state index is 0.0758. The van der Waals surface area contributed by atoms with Crippen LogP contribution in [-0.4, -0.2) is 31.5 Å². The second kappa shape index (κ2) is 7.77. The van der Waals surface area contributed by atoms with E-state index in [9.17, 15) is 8.42 Å². The summed E-state index contributed by atoms with van der Waals surface area (Å²) in [6.07, 6.45) is 1.42. The van der Waals surface area contributed by atoms with Crippen molar-refractivity contribution in [3.05, 3.63) is 36.4 Å². The molecule has 2 N–H and O–H groups in total. The highest BCUT2D eigenvalue weighted by molar-refractivity contribution is 7.92. The third kappa shape index (κ3) is 5.10. The van der Waals surface area contributed by atoms with Gasteiger partial charge in [-0.1, -0.05) is 25.5 Å². The summed E-state index contributed by atoms with van der Waals surface area (Å²) in [5.41, 5.74) is 0.751. The fraction of sp³-hybridized carbons (Fsp3) is 0.333. The third-order valence-corrected chi connectivity index (χ3v) is 4.41. The molecule has 0 saturated heterocycles. The quantitative estimate of drug-likeness (QED) is 0.770. The molecule has 0 saturated carbocycles. The van der Waals surface area contributed by atoms with Gasteiger partial charge in [-0.2, -0.15) is 0 Å². The number of hydrogen-bond donors (Lipinski definition) is 2. The van der Waals surface area contributed by atoms with Crippen molar-refractivity contribution in [1.29, 1.82) is 0 Å². The zero-order chi connectivity index (χ0) is 16.7. The summed E-state index contributed by atoms with van der Waals surface area (Å²) in [5, 5.41) is 10.9. The van der Waals surface area contributed by atoms with Crippen molar-refractivity contribution in [3.63, 3.8) is 0 Å². The molecule has 0 atom stereocenters. The molecule has 1 aromatic carbocycles. The number of sulfonamides is 1. The van der Waals surface area contributed by atoms with E-state index < -0.39 is 10.0 Å². The number of hydrogen-bond acceptors (Lipinski definition) is 6. The van der Waals surface area contributed by atoms with Gasteiger partial charge < -0.3 is 10.1 Å². The van der Waals surface area contributed by atoms with Gasteiger partial charge in [-0.25, -0.2) is 8.42 Å². The summed E-state index contributed by atoms with van der Waals surface area (Å²) in [4.78, 5) is 0. The largest absolute Gasteiger partial charge is 0.495 e. The van der Waals surface area contributed by atoms with Crippen LogP contribution in [0.1, 0.15) is 19.8 Å². The average Bonchev–Trinajstić information content (AvgIpc) is 2.55. The van der Waals surface area contributed by atoms with E-state index in [0.29, 0.717) is 18.0 Å². The molecule has 0 aliphatic carbocycles. The van der Waals surface area contributed by atoms with Gasteiger partial charge in [-0.3, -0.25) is 4.72 Å². The maximum atomic E-state index is 11.8. The van der Waals surface area contributed by atoms with Gasteiger partial charge in [0.05, 0.1) is 18.6 Å². The molecule has 7 nitrogen and oxygen atoms in total. The molecule has 1 aromatic heterocycles. The van der Waals surface area contributed by atoms with Crippen molar-refractivity contribution in [1.82, 2.24) is 10.2 Å². The van der Waals surface area contributed by atoms with Crippen molar-refractivity contribution in [2.24, 2.45) is 0 Å². The molecule has 0 amide bonds. The number of nitrogens with zero attached hydrogens (tertiary/aromatic N) is 2. The predicted molar refractivity (Wildman–Crippen MR) is 90.6 cm³/mol. The molecule has 0 spiro atoms. The highest BCUT2D eigenvalue weighted by Crippen LogP contribution is 2.26. The first-order valence-corrected chi connectivity index (χ1v) is 8.93. The minimum Gasteiger partial charge on any atom is -0.495 e. The summed E-state index contributed by atoms with van der Waals surface area (Å²) < 4.78 is 31.3. The summed E-state index contributed by atoms with van der Waals surface area (Å²) >= 11 is 0. The second-order valence-electron chi connectivity index (χ2n) is 4.90. The Bertz CT molecular complexity index is 733. The van der Waals surface area contributed by atoms with Crippen LogP contribution in [0.25, 0.3) is 0 Å². The van der Waals surface area contributed by atoms with Crippen LogP contribution in [0.2, 0.25) is 0 Å². The van der Waals surface area contributed by atoms with E-state index in [-0.39, 0.29) is 11.6 Å². The molecule has 124 valence electrons. The van der Waals surface area contributed by atoms with Crippen molar-refractivity contribution in [2.45, 2.75) is 19.8 Å². The van der Waals surface area contributed by atoms with Crippen molar-refractivity contribution < 1.29 is 13.2 Å². The number of para-hydroxylation sites is 2. The number of anilines is 3. The second-order valence-corrected chi connectivity index (χ2v) is 6.75. The van der Waals surface area contributed by atoms with E-state index in [4.69, 9.17) is 4.74 Å². The molecule has 2 rings (SSSR count). The van der Waals surface area contributed by atoms with Crippen LogP contribution in [0.5, 0.6) is 5.75 Å². The molecule has 8 heteroatoms. The minimum atomic E-state index is -3.37. The Morgan fingerprint density at radius 2 is 1.78 bits per heavy atom. The molecular formula is C15H20N4O3S. The van der Waals surface area contributed by atoms with Crippen LogP contribution in [0.3, 0.4) is 0 Å².